The Kier molecular flexibility index (Phi) is 5.43. The van der Waals surface area contributed by atoms with Crippen LogP contribution < -0.4 is 5.32 Å². The summed E-state index contributed by atoms with van der Waals surface area (Å²) in [4.78, 5) is 36.9. The Balaban J connectivity index is 1.57. The van der Waals surface area contributed by atoms with Crippen molar-refractivity contribution in [1.82, 2.24) is 19.9 Å². The van der Waals surface area contributed by atoms with Gasteiger partial charge in [0.15, 0.2) is 10.8 Å². The van der Waals surface area contributed by atoms with E-state index in [-0.39, 0.29) is 17.6 Å². The van der Waals surface area contributed by atoms with Crippen LogP contribution in [0.4, 0.5) is 5.69 Å². The summed E-state index contributed by atoms with van der Waals surface area (Å²) in [7, 11) is 3.38. The van der Waals surface area contributed by atoms with Gasteiger partial charge in [0.2, 0.25) is 5.91 Å². The fraction of sp³-hybridized carbons (Fsp3) is 0.176. The van der Waals surface area contributed by atoms with Crippen LogP contribution in [-0.2, 0) is 4.79 Å². The summed E-state index contributed by atoms with van der Waals surface area (Å²) in [6.45, 7) is 0. The number of nitrogens with zero attached hydrogens (tertiary/aromatic N) is 3. The van der Waals surface area contributed by atoms with E-state index in [9.17, 15) is 9.59 Å². The minimum Gasteiger partial charge on any atom is -0.345 e. The molecule has 0 aliphatic rings. The van der Waals surface area contributed by atoms with Gasteiger partial charge in [0.25, 0.3) is 5.91 Å². The van der Waals surface area contributed by atoms with Crippen LogP contribution in [-0.4, -0.2) is 51.5 Å². The predicted molar refractivity (Wildman–Crippen MR) is 103 cm³/mol. The molecule has 1 aromatic carbocycles. The van der Waals surface area contributed by atoms with Crippen molar-refractivity contribution in [3.63, 3.8) is 0 Å². The Morgan fingerprint density at radius 3 is 2.69 bits per heavy atom. The highest BCUT2D eigenvalue weighted by Gasteiger charge is 2.10. The van der Waals surface area contributed by atoms with Crippen molar-refractivity contribution < 1.29 is 9.59 Å². The molecule has 26 heavy (non-hydrogen) atoms. The van der Waals surface area contributed by atoms with Gasteiger partial charge < -0.3 is 15.2 Å². The van der Waals surface area contributed by atoms with E-state index in [1.165, 1.54) is 22.9 Å². The number of aromatic nitrogens is 3. The first-order chi connectivity index (χ1) is 12.4. The van der Waals surface area contributed by atoms with Crippen molar-refractivity contribution in [1.29, 1.82) is 0 Å². The summed E-state index contributed by atoms with van der Waals surface area (Å²) >= 11 is 7.16. The lowest BCUT2D eigenvalue weighted by atomic mass is 10.2. The van der Waals surface area contributed by atoms with Crippen LogP contribution in [0.15, 0.2) is 41.7 Å². The van der Waals surface area contributed by atoms with Crippen molar-refractivity contribution in [2.45, 2.75) is 5.16 Å². The first-order valence-corrected chi connectivity index (χ1v) is 9.04. The SMILES string of the molecule is CN(C)C(=O)c1ccc(NC(=O)CSc2nc3ncc(Cl)cc3[nH]2)cc1. The summed E-state index contributed by atoms with van der Waals surface area (Å²) in [5.41, 5.74) is 2.47. The lowest BCUT2D eigenvalue weighted by molar-refractivity contribution is -0.113. The second-order valence-corrected chi connectivity index (χ2v) is 7.08. The van der Waals surface area contributed by atoms with Crippen molar-refractivity contribution >= 4 is 52.0 Å². The third kappa shape index (κ3) is 4.33. The molecule has 2 N–H and O–H groups in total. The quantitative estimate of drug-likeness (QED) is 0.654. The fourth-order valence-electron chi connectivity index (χ4n) is 2.21. The lowest BCUT2D eigenvalue weighted by Crippen LogP contribution is -2.21. The monoisotopic (exact) mass is 389 g/mol. The second kappa shape index (κ2) is 7.76. The van der Waals surface area contributed by atoms with Gasteiger partial charge in [-0.1, -0.05) is 23.4 Å². The van der Waals surface area contributed by atoms with Gasteiger partial charge in [0.1, 0.15) is 0 Å². The smallest absolute Gasteiger partial charge is 0.253 e. The Labute approximate surface area is 159 Å². The maximum absolute atomic E-state index is 12.1. The average Bonchev–Trinajstić information content (AvgIpc) is 3.02. The van der Waals surface area contributed by atoms with Crippen molar-refractivity contribution in [3.05, 3.63) is 47.1 Å². The molecule has 0 fully saturated rings. The number of anilines is 1. The van der Waals surface area contributed by atoms with E-state index < -0.39 is 0 Å². The van der Waals surface area contributed by atoms with Crippen LogP contribution in [0.25, 0.3) is 11.2 Å². The highest BCUT2D eigenvalue weighted by atomic mass is 35.5. The number of benzene rings is 1. The zero-order chi connectivity index (χ0) is 18.7. The van der Waals surface area contributed by atoms with Gasteiger partial charge in [-0.2, -0.15) is 0 Å². The largest absolute Gasteiger partial charge is 0.345 e. The van der Waals surface area contributed by atoms with Gasteiger partial charge in [0.05, 0.1) is 16.3 Å². The van der Waals surface area contributed by atoms with Gasteiger partial charge in [0, 0.05) is 31.5 Å². The van der Waals surface area contributed by atoms with Crippen molar-refractivity contribution in [2.75, 3.05) is 25.2 Å². The molecule has 2 amide bonds. The standard InChI is InChI=1S/C17H16ClN5O2S/c1-23(2)16(25)10-3-5-12(6-4-10)20-14(24)9-26-17-21-13-7-11(18)8-19-15(13)22-17/h3-8H,9H2,1-2H3,(H,20,24)(H,19,21,22). The Hall–Kier alpha value is -2.58. The number of halogens is 1. The van der Waals surface area contributed by atoms with E-state index in [1.54, 1.807) is 44.4 Å². The molecule has 0 spiro atoms. The Morgan fingerprint density at radius 1 is 1.27 bits per heavy atom. The molecule has 3 aromatic rings. The number of hydrogen-bond donors (Lipinski definition) is 2. The molecule has 2 heterocycles. The number of pyridine rings is 1. The highest BCUT2D eigenvalue weighted by molar-refractivity contribution is 7.99. The van der Waals surface area contributed by atoms with E-state index in [4.69, 9.17) is 11.6 Å². The van der Waals surface area contributed by atoms with Crippen LogP contribution in [0.1, 0.15) is 10.4 Å². The molecule has 0 unspecified atom stereocenters. The van der Waals surface area contributed by atoms with Gasteiger partial charge >= 0.3 is 0 Å². The number of fused-ring (bicyclic) bond motifs is 1. The first kappa shape index (κ1) is 18.2. The zero-order valence-corrected chi connectivity index (χ0v) is 15.7. The third-order valence-electron chi connectivity index (χ3n) is 3.44. The highest BCUT2D eigenvalue weighted by Crippen LogP contribution is 2.20. The van der Waals surface area contributed by atoms with Crippen LogP contribution in [0.5, 0.6) is 0 Å². The molecule has 0 atom stereocenters. The van der Waals surface area contributed by atoms with Crippen molar-refractivity contribution in [2.24, 2.45) is 0 Å². The molecule has 0 saturated carbocycles. The summed E-state index contributed by atoms with van der Waals surface area (Å²) in [5, 5.41) is 3.90. The number of H-pyrrole nitrogens is 1. The number of imidazole rings is 1. The minimum absolute atomic E-state index is 0.0861. The van der Waals surface area contributed by atoms with Crippen molar-refractivity contribution in [3.8, 4) is 0 Å². The number of hydrogen-bond acceptors (Lipinski definition) is 5. The normalized spacial score (nSPS) is 10.7. The molecule has 0 bridgehead atoms. The molecule has 0 aliphatic heterocycles. The lowest BCUT2D eigenvalue weighted by Gasteiger charge is -2.10. The third-order valence-corrected chi connectivity index (χ3v) is 4.52. The van der Waals surface area contributed by atoms with Gasteiger partial charge in [-0.15, -0.1) is 0 Å². The van der Waals surface area contributed by atoms with E-state index >= 15 is 0 Å². The summed E-state index contributed by atoms with van der Waals surface area (Å²) in [5.74, 6) is -0.0727. The molecule has 9 heteroatoms. The Bertz CT molecular complexity index is 955. The van der Waals surface area contributed by atoms with E-state index in [0.29, 0.717) is 27.1 Å². The van der Waals surface area contributed by atoms with Crippen LogP contribution >= 0.6 is 23.4 Å². The fourth-order valence-corrected chi connectivity index (χ4v) is 3.04. The summed E-state index contributed by atoms with van der Waals surface area (Å²) in [6.07, 6.45) is 1.52. The number of rotatable bonds is 5. The first-order valence-electron chi connectivity index (χ1n) is 7.68. The second-order valence-electron chi connectivity index (χ2n) is 5.68. The number of thioether (sulfide) groups is 1. The topological polar surface area (TPSA) is 91.0 Å². The van der Waals surface area contributed by atoms with Gasteiger partial charge in [-0.25, -0.2) is 9.97 Å². The molecule has 0 aliphatic carbocycles. The van der Waals surface area contributed by atoms with Crippen LogP contribution in [0.3, 0.4) is 0 Å². The Morgan fingerprint density at radius 2 is 2.00 bits per heavy atom. The van der Waals surface area contributed by atoms with E-state index in [1.807, 2.05) is 0 Å². The maximum Gasteiger partial charge on any atom is 0.253 e. The summed E-state index contributed by atoms with van der Waals surface area (Å²) < 4.78 is 0. The molecule has 0 radical (unpaired) electrons. The number of carbonyl (C=O) groups excluding carboxylic acids is 2. The number of aromatic amines is 1. The molecule has 2 aromatic heterocycles. The number of nitrogens with one attached hydrogen (secondary N) is 2. The van der Waals surface area contributed by atoms with Gasteiger partial charge in [-0.3, -0.25) is 9.59 Å². The zero-order valence-electron chi connectivity index (χ0n) is 14.1. The predicted octanol–water partition coefficient (Wildman–Crippen LogP) is 3.04. The van der Waals surface area contributed by atoms with E-state index in [2.05, 4.69) is 20.3 Å². The van der Waals surface area contributed by atoms with E-state index in [0.717, 1.165) is 5.52 Å². The minimum atomic E-state index is -0.173. The molecule has 0 saturated heterocycles. The molecular weight excluding hydrogens is 374 g/mol. The number of amides is 2. The average molecular weight is 390 g/mol. The summed E-state index contributed by atoms with van der Waals surface area (Å²) in [6, 6.07) is 8.50. The molecule has 134 valence electrons. The maximum atomic E-state index is 12.1. The molecule has 3 rings (SSSR count). The van der Waals surface area contributed by atoms with Crippen LogP contribution in [0, 0.1) is 0 Å². The van der Waals surface area contributed by atoms with Gasteiger partial charge in [-0.05, 0) is 30.3 Å². The number of carbonyl (C=O) groups is 2. The molecular formula is C17H16ClN5O2S. The van der Waals surface area contributed by atoms with Crippen LogP contribution in [0.2, 0.25) is 5.02 Å². The molecule has 7 nitrogen and oxygen atoms in total.